The number of hydrogen-bond donors (Lipinski definition) is 1. The molecule has 1 aromatic heterocycles. The summed E-state index contributed by atoms with van der Waals surface area (Å²) >= 11 is 0. The molecule has 0 unspecified atom stereocenters. The van der Waals surface area contributed by atoms with E-state index in [0.717, 1.165) is 16.5 Å². The van der Waals surface area contributed by atoms with Crippen molar-refractivity contribution in [3.63, 3.8) is 0 Å². The van der Waals surface area contributed by atoms with E-state index in [1.807, 2.05) is 30.3 Å². The molecule has 5 heteroatoms. The summed E-state index contributed by atoms with van der Waals surface area (Å²) in [5.74, 6) is 0. The van der Waals surface area contributed by atoms with Gasteiger partial charge in [0.15, 0.2) is 9.84 Å². The van der Waals surface area contributed by atoms with Crippen LogP contribution in [0.25, 0.3) is 10.9 Å². The van der Waals surface area contributed by atoms with Gasteiger partial charge in [0.1, 0.15) is 0 Å². The second-order valence-electron chi connectivity index (χ2n) is 5.63. The highest BCUT2D eigenvalue weighted by molar-refractivity contribution is 7.92. The second-order valence-corrected chi connectivity index (χ2v) is 8.28. The van der Waals surface area contributed by atoms with Crippen molar-refractivity contribution in [2.45, 2.75) is 25.1 Å². The standard InChI is InChI=1S/C15H20N2O2S/c1-15(2,20(3,18)19)11-16-10-13-7-4-6-12-8-5-9-17-14(12)13/h4-9,16H,10-11H2,1-3H3. The Labute approximate surface area is 120 Å². The maximum atomic E-state index is 11.7. The van der Waals surface area contributed by atoms with Crippen LogP contribution in [0.3, 0.4) is 0 Å². The summed E-state index contributed by atoms with van der Waals surface area (Å²) in [6.07, 6.45) is 3.04. The zero-order valence-corrected chi connectivity index (χ0v) is 12.9. The Hall–Kier alpha value is -1.46. The second kappa shape index (κ2) is 5.50. The van der Waals surface area contributed by atoms with Crippen molar-refractivity contribution in [2.75, 3.05) is 12.8 Å². The Morgan fingerprint density at radius 1 is 1.20 bits per heavy atom. The fourth-order valence-corrected chi connectivity index (χ4v) is 2.30. The quantitative estimate of drug-likeness (QED) is 0.917. The molecule has 1 heterocycles. The lowest BCUT2D eigenvalue weighted by molar-refractivity contribution is 0.522. The number of rotatable bonds is 5. The fraction of sp³-hybridized carbons (Fsp3) is 0.400. The van der Waals surface area contributed by atoms with Crippen LogP contribution < -0.4 is 5.32 Å². The van der Waals surface area contributed by atoms with E-state index in [-0.39, 0.29) is 0 Å². The molecule has 2 rings (SSSR count). The van der Waals surface area contributed by atoms with Gasteiger partial charge in [-0.1, -0.05) is 24.3 Å². The molecule has 2 aromatic rings. The van der Waals surface area contributed by atoms with Crippen LogP contribution in [0.1, 0.15) is 19.4 Å². The van der Waals surface area contributed by atoms with Crippen LogP contribution in [-0.4, -0.2) is 30.9 Å². The number of sulfone groups is 1. The van der Waals surface area contributed by atoms with E-state index in [1.165, 1.54) is 6.26 Å². The van der Waals surface area contributed by atoms with Gasteiger partial charge < -0.3 is 5.32 Å². The van der Waals surface area contributed by atoms with Gasteiger partial charge >= 0.3 is 0 Å². The first-order chi connectivity index (χ1) is 9.31. The number of pyridine rings is 1. The summed E-state index contributed by atoms with van der Waals surface area (Å²) in [6, 6.07) is 9.95. The molecule has 0 bridgehead atoms. The fourth-order valence-electron chi connectivity index (χ4n) is 1.94. The SMILES string of the molecule is CC(C)(CNCc1cccc2cccnc12)S(C)(=O)=O. The van der Waals surface area contributed by atoms with Crippen LogP contribution in [0.15, 0.2) is 36.5 Å². The van der Waals surface area contributed by atoms with Crippen molar-refractivity contribution < 1.29 is 8.42 Å². The van der Waals surface area contributed by atoms with Gasteiger partial charge in [-0.3, -0.25) is 4.98 Å². The smallest absolute Gasteiger partial charge is 0.153 e. The van der Waals surface area contributed by atoms with Crippen molar-refractivity contribution >= 4 is 20.7 Å². The maximum Gasteiger partial charge on any atom is 0.153 e. The van der Waals surface area contributed by atoms with E-state index in [1.54, 1.807) is 20.0 Å². The Bertz CT molecular complexity index is 703. The number of nitrogens with one attached hydrogen (secondary N) is 1. The van der Waals surface area contributed by atoms with Crippen LogP contribution >= 0.6 is 0 Å². The summed E-state index contributed by atoms with van der Waals surface area (Å²) < 4.78 is 22.5. The minimum absolute atomic E-state index is 0.412. The molecule has 0 amide bonds. The van der Waals surface area contributed by atoms with E-state index in [2.05, 4.69) is 10.3 Å². The molecule has 0 aliphatic carbocycles. The largest absolute Gasteiger partial charge is 0.311 e. The number of benzene rings is 1. The van der Waals surface area contributed by atoms with Crippen LogP contribution in [0.2, 0.25) is 0 Å². The van der Waals surface area contributed by atoms with Crippen LogP contribution in [-0.2, 0) is 16.4 Å². The predicted molar refractivity (Wildman–Crippen MR) is 82.4 cm³/mol. The van der Waals surface area contributed by atoms with Crippen LogP contribution in [0.5, 0.6) is 0 Å². The first kappa shape index (κ1) is 14.9. The zero-order chi connectivity index (χ0) is 14.8. The van der Waals surface area contributed by atoms with E-state index in [4.69, 9.17) is 0 Å². The van der Waals surface area contributed by atoms with Gasteiger partial charge in [0, 0.05) is 30.9 Å². The highest BCUT2D eigenvalue weighted by Gasteiger charge is 2.29. The summed E-state index contributed by atoms with van der Waals surface area (Å²) in [5.41, 5.74) is 2.03. The first-order valence-corrected chi connectivity index (χ1v) is 8.43. The van der Waals surface area contributed by atoms with E-state index in [0.29, 0.717) is 13.1 Å². The zero-order valence-electron chi connectivity index (χ0n) is 12.1. The summed E-state index contributed by atoms with van der Waals surface area (Å²) in [6.45, 7) is 4.48. The molecule has 0 spiro atoms. The minimum atomic E-state index is -3.08. The van der Waals surface area contributed by atoms with Gasteiger partial charge in [0.2, 0.25) is 0 Å². The molecule has 0 aliphatic rings. The van der Waals surface area contributed by atoms with Crippen LogP contribution in [0.4, 0.5) is 0 Å². The number of para-hydroxylation sites is 1. The van der Waals surface area contributed by atoms with E-state index in [9.17, 15) is 8.42 Å². The average molecular weight is 292 g/mol. The molecule has 1 N–H and O–H groups in total. The normalized spacial score (nSPS) is 12.8. The molecule has 108 valence electrons. The molecule has 0 fully saturated rings. The third-order valence-electron chi connectivity index (χ3n) is 3.59. The van der Waals surface area contributed by atoms with Crippen molar-refractivity contribution in [1.29, 1.82) is 0 Å². The van der Waals surface area contributed by atoms with Crippen molar-refractivity contribution in [3.8, 4) is 0 Å². The molecular weight excluding hydrogens is 272 g/mol. The number of hydrogen-bond acceptors (Lipinski definition) is 4. The Balaban J connectivity index is 2.11. The topological polar surface area (TPSA) is 59.1 Å². The molecular formula is C15H20N2O2S. The number of nitrogens with zero attached hydrogens (tertiary/aromatic N) is 1. The van der Waals surface area contributed by atoms with E-state index >= 15 is 0 Å². The molecule has 0 atom stereocenters. The van der Waals surface area contributed by atoms with Gasteiger partial charge in [-0.2, -0.15) is 0 Å². The van der Waals surface area contributed by atoms with Gasteiger partial charge in [-0.05, 0) is 25.5 Å². The number of fused-ring (bicyclic) bond motifs is 1. The highest BCUT2D eigenvalue weighted by atomic mass is 32.2. The molecule has 0 radical (unpaired) electrons. The highest BCUT2D eigenvalue weighted by Crippen LogP contribution is 2.17. The molecule has 0 aliphatic heterocycles. The van der Waals surface area contributed by atoms with Gasteiger partial charge in [0.05, 0.1) is 10.3 Å². The third kappa shape index (κ3) is 3.16. The lowest BCUT2D eigenvalue weighted by atomic mass is 10.1. The summed E-state index contributed by atoms with van der Waals surface area (Å²) in [5, 5.41) is 4.31. The van der Waals surface area contributed by atoms with Gasteiger partial charge in [0.25, 0.3) is 0 Å². The lowest BCUT2D eigenvalue weighted by Crippen LogP contribution is -2.41. The first-order valence-electron chi connectivity index (χ1n) is 6.54. The predicted octanol–water partition coefficient (Wildman–Crippen LogP) is 2.15. The molecule has 1 aromatic carbocycles. The lowest BCUT2D eigenvalue weighted by Gasteiger charge is -2.23. The Morgan fingerprint density at radius 3 is 2.60 bits per heavy atom. The molecule has 20 heavy (non-hydrogen) atoms. The Kier molecular flexibility index (Phi) is 4.11. The van der Waals surface area contributed by atoms with E-state index < -0.39 is 14.6 Å². The molecule has 4 nitrogen and oxygen atoms in total. The number of aromatic nitrogens is 1. The summed E-state index contributed by atoms with van der Waals surface area (Å²) in [7, 11) is -3.08. The van der Waals surface area contributed by atoms with Gasteiger partial charge in [-0.15, -0.1) is 0 Å². The Morgan fingerprint density at radius 2 is 1.90 bits per heavy atom. The van der Waals surface area contributed by atoms with Crippen molar-refractivity contribution in [2.24, 2.45) is 0 Å². The van der Waals surface area contributed by atoms with Crippen molar-refractivity contribution in [1.82, 2.24) is 10.3 Å². The average Bonchev–Trinajstić information content (AvgIpc) is 2.37. The maximum absolute atomic E-state index is 11.7. The third-order valence-corrected chi connectivity index (χ3v) is 5.74. The van der Waals surface area contributed by atoms with Gasteiger partial charge in [-0.25, -0.2) is 8.42 Å². The summed E-state index contributed by atoms with van der Waals surface area (Å²) in [4.78, 5) is 4.39. The van der Waals surface area contributed by atoms with Crippen molar-refractivity contribution in [3.05, 3.63) is 42.1 Å². The monoisotopic (exact) mass is 292 g/mol. The molecule has 0 saturated carbocycles. The minimum Gasteiger partial charge on any atom is -0.311 e. The molecule has 0 saturated heterocycles. The van der Waals surface area contributed by atoms with Crippen LogP contribution in [0, 0.1) is 0 Å².